The number of thiophene rings is 2. The van der Waals surface area contributed by atoms with Crippen LogP contribution in [0.15, 0.2) is 52.9 Å². The van der Waals surface area contributed by atoms with Gasteiger partial charge in [-0.3, -0.25) is 9.36 Å². The summed E-state index contributed by atoms with van der Waals surface area (Å²) in [6.45, 7) is 3.01. The standard InChI is InChI=1S/C22H20N2O4S2/c1-2-16-18(17-5-3-12-29-17)19-20(30-16)23-13-24(21(19)25)10-4-11-28-15-8-6-14(7-9-15)22(26)27/h3,5-9,12-13H,2,4,10-11H2,1H3,(H,26,27). The average molecular weight is 441 g/mol. The van der Waals surface area contributed by atoms with Crippen LogP contribution in [-0.4, -0.2) is 27.2 Å². The lowest BCUT2D eigenvalue weighted by molar-refractivity contribution is 0.0697. The number of nitrogens with zero attached hydrogens (tertiary/aromatic N) is 2. The summed E-state index contributed by atoms with van der Waals surface area (Å²) in [5.41, 5.74) is 1.22. The SMILES string of the molecule is CCc1sc2ncn(CCCOc3ccc(C(=O)O)cc3)c(=O)c2c1-c1cccs1. The van der Waals surface area contributed by atoms with E-state index in [0.717, 1.165) is 21.7 Å². The van der Waals surface area contributed by atoms with E-state index in [1.165, 1.54) is 17.0 Å². The molecule has 0 saturated heterocycles. The number of aromatic carboxylic acids is 1. The van der Waals surface area contributed by atoms with E-state index in [9.17, 15) is 9.59 Å². The Bertz CT molecular complexity index is 1220. The largest absolute Gasteiger partial charge is 0.494 e. The highest BCUT2D eigenvalue weighted by molar-refractivity contribution is 7.20. The predicted molar refractivity (Wildman–Crippen MR) is 120 cm³/mol. The van der Waals surface area contributed by atoms with Gasteiger partial charge in [-0.05, 0) is 48.6 Å². The number of aromatic nitrogens is 2. The Morgan fingerprint density at radius 1 is 1.23 bits per heavy atom. The maximum Gasteiger partial charge on any atom is 0.335 e. The summed E-state index contributed by atoms with van der Waals surface area (Å²) in [5, 5.41) is 11.7. The Hall–Kier alpha value is -2.97. The predicted octanol–water partition coefficient (Wildman–Crippen LogP) is 4.92. The van der Waals surface area contributed by atoms with Crippen LogP contribution in [0.1, 0.15) is 28.6 Å². The Balaban J connectivity index is 1.50. The molecule has 1 N–H and O–H groups in total. The average Bonchev–Trinajstić information content (AvgIpc) is 3.40. The third-order valence-corrected chi connectivity index (χ3v) is 6.88. The molecule has 0 amide bonds. The van der Waals surface area contributed by atoms with Gasteiger partial charge in [-0.1, -0.05) is 13.0 Å². The van der Waals surface area contributed by atoms with Crippen molar-refractivity contribution in [2.24, 2.45) is 0 Å². The fourth-order valence-corrected chi connectivity index (χ4v) is 5.23. The molecule has 8 heteroatoms. The van der Waals surface area contributed by atoms with E-state index in [4.69, 9.17) is 9.84 Å². The zero-order valence-corrected chi connectivity index (χ0v) is 18.0. The maximum absolute atomic E-state index is 13.2. The molecule has 1 aromatic carbocycles. The molecular formula is C22H20N2O4S2. The van der Waals surface area contributed by atoms with Crippen molar-refractivity contribution in [2.45, 2.75) is 26.3 Å². The molecule has 0 unspecified atom stereocenters. The highest BCUT2D eigenvalue weighted by Crippen LogP contribution is 2.38. The fourth-order valence-electron chi connectivity index (χ4n) is 3.28. The van der Waals surface area contributed by atoms with Gasteiger partial charge in [0.25, 0.3) is 5.56 Å². The van der Waals surface area contributed by atoms with Crippen molar-refractivity contribution in [1.82, 2.24) is 9.55 Å². The molecule has 0 saturated carbocycles. The zero-order chi connectivity index (χ0) is 21.1. The molecule has 0 aliphatic heterocycles. The van der Waals surface area contributed by atoms with E-state index in [-0.39, 0.29) is 11.1 Å². The van der Waals surface area contributed by atoms with Gasteiger partial charge in [-0.15, -0.1) is 22.7 Å². The van der Waals surface area contributed by atoms with Gasteiger partial charge in [0.1, 0.15) is 10.6 Å². The number of fused-ring (bicyclic) bond motifs is 1. The first-order valence-electron chi connectivity index (χ1n) is 9.59. The number of rotatable bonds is 8. The highest BCUT2D eigenvalue weighted by Gasteiger charge is 2.18. The summed E-state index contributed by atoms with van der Waals surface area (Å²) in [4.78, 5) is 31.7. The maximum atomic E-state index is 13.2. The summed E-state index contributed by atoms with van der Waals surface area (Å²) >= 11 is 3.22. The molecule has 4 rings (SSSR count). The minimum Gasteiger partial charge on any atom is -0.494 e. The number of hydrogen-bond acceptors (Lipinski definition) is 6. The van der Waals surface area contributed by atoms with Crippen LogP contribution in [0.4, 0.5) is 0 Å². The van der Waals surface area contributed by atoms with Gasteiger partial charge in [0.2, 0.25) is 0 Å². The molecule has 4 aromatic rings. The molecule has 0 radical (unpaired) electrons. The normalized spacial score (nSPS) is 11.1. The number of benzene rings is 1. The highest BCUT2D eigenvalue weighted by atomic mass is 32.1. The van der Waals surface area contributed by atoms with Crippen LogP contribution in [0, 0.1) is 0 Å². The Labute approximate surface area is 181 Å². The van der Waals surface area contributed by atoms with E-state index in [1.54, 1.807) is 45.7 Å². The molecular weight excluding hydrogens is 420 g/mol. The monoisotopic (exact) mass is 440 g/mol. The molecule has 0 aliphatic rings. The van der Waals surface area contributed by atoms with Gasteiger partial charge in [0.15, 0.2) is 0 Å². The van der Waals surface area contributed by atoms with Crippen LogP contribution >= 0.6 is 22.7 Å². The molecule has 0 spiro atoms. The van der Waals surface area contributed by atoms with Crippen LogP contribution in [0.25, 0.3) is 20.7 Å². The number of carboxylic acid groups (broad SMARTS) is 1. The summed E-state index contributed by atoms with van der Waals surface area (Å²) < 4.78 is 7.31. The second kappa shape index (κ2) is 8.81. The molecule has 3 heterocycles. The van der Waals surface area contributed by atoms with E-state index in [2.05, 4.69) is 11.9 Å². The lowest BCUT2D eigenvalue weighted by Crippen LogP contribution is -2.21. The first kappa shape index (κ1) is 20.3. The van der Waals surface area contributed by atoms with Gasteiger partial charge in [-0.25, -0.2) is 9.78 Å². The van der Waals surface area contributed by atoms with Gasteiger partial charge < -0.3 is 9.84 Å². The Morgan fingerprint density at radius 2 is 2.03 bits per heavy atom. The van der Waals surface area contributed by atoms with Gasteiger partial charge >= 0.3 is 5.97 Å². The number of hydrogen-bond donors (Lipinski definition) is 1. The summed E-state index contributed by atoms with van der Waals surface area (Å²) in [6.07, 6.45) is 3.11. The van der Waals surface area contributed by atoms with Crippen molar-refractivity contribution >= 4 is 38.9 Å². The quantitative estimate of drug-likeness (QED) is 0.394. The smallest absolute Gasteiger partial charge is 0.335 e. The lowest BCUT2D eigenvalue weighted by Gasteiger charge is -2.08. The Kier molecular flexibility index (Phi) is 5.96. The topological polar surface area (TPSA) is 81.4 Å². The van der Waals surface area contributed by atoms with E-state index >= 15 is 0 Å². The Morgan fingerprint density at radius 3 is 2.70 bits per heavy atom. The molecule has 154 valence electrons. The molecule has 0 bridgehead atoms. The minimum atomic E-state index is -0.967. The zero-order valence-electron chi connectivity index (χ0n) is 16.3. The molecule has 3 aromatic heterocycles. The molecule has 0 aliphatic carbocycles. The van der Waals surface area contributed by atoms with Gasteiger partial charge in [0.05, 0.1) is 23.9 Å². The third kappa shape index (κ3) is 4.01. The first-order valence-corrected chi connectivity index (χ1v) is 11.3. The summed E-state index contributed by atoms with van der Waals surface area (Å²) in [6, 6.07) is 10.3. The van der Waals surface area contributed by atoms with E-state index in [1.807, 2.05) is 17.5 Å². The van der Waals surface area contributed by atoms with Crippen LogP contribution in [0.3, 0.4) is 0 Å². The molecule has 0 atom stereocenters. The fraction of sp³-hybridized carbons (Fsp3) is 0.227. The third-order valence-electron chi connectivity index (χ3n) is 4.75. The van der Waals surface area contributed by atoms with Gasteiger partial charge in [0, 0.05) is 21.9 Å². The first-order chi connectivity index (χ1) is 14.6. The molecule has 30 heavy (non-hydrogen) atoms. The number of aryl methyl sites for hydroxylation is 2. The van der Waals surface area contributed by atoms with Crippen molar-refractivity contribution in [3.63, 3.8) is 0 Å². The van der Waals surface area contributed by atoms with Gasteiger partial charge in [-0.2, -0.15) is 0 Å². The second-order valence-electron chi connectivity index (χ2n) is 6.69. The number of ether oxygens (including phenoxy) is 1. The van der Waals surface area contributed by atoms with Crippen LogP contribution in [-0.2, 0) is 13.0 Å². The van der Waals surface area contributed by atoms with Crippen molar-refractivity contribution in [3.8, 4) is 16.2 Å². The second-order valence-corrected chi connectivity index (χ2v) is 8.72. The van der Waals surface area contributed by atoms with E-state index in [0.29, 0.717) is 30.7 Å². The van der Waals surface area contributed by atoms with Crippen LogP contribution in [0.2, 0.25) is 0 Å². The van der Waals surface area contributed by atoms with Crippen molar-refractivity contribution in [2.75, 3.05) is 6.61 Å². The van der Waals surface area contributed by atoms with Crippen LogP contribution < -0.4 is 10.3 Å². The molecule has 6 nitrogen and oxygen atoms in total. The number of carbonyl (C=O) groups is 1. The van der Waals surface area contributed by atoms with Crippen molar-refractivity contribution < 1.29 is 14.6 Å². The number of carboxylic acids is 1. The summed E-state index contributed by atoms with van der Waals surface area (Å²) in [7, 11) is 0. The lowest BCUT2D eigenvalue weighted by atomic mass is 10.1. The summed E-state index contributed by atoms with van der Waals surface area (Å²) in [5.74, 6) is -0.364. The van der Waals surface area contributed by atoms with Crippen LogP contribution in [0.5, 0.6) is 5.75 Å². The molecule has 0 fully saturated rings. The van der Waals surface area contributed by atoms with E-state index < -0.39 is 5.97 Å². The van der Waals surface area contributed by atoms with Crippen molar-refractivity contribution in [1.29, 1.82) is 0 Å². The minimum absolute atomic E-state index is 0.0230. The van der Waals surface area contributed by atoms with Crippen molar-refractivity contribution in [3.05, 3.63) is 68.9 Å².